The average molecular weight is 326 g/mol. The van der Waals surface area contributed by atoms with Crippen molar-refractivity contribution in [2.24, 2.45) is 0 Å². The number of carbonyl (C=O) groups excluding carboxylic acids is 1. The van der Waals surface area contributed by atoms with Crippen LogP contribution in [0.2, 0.25) is 0 Å². The first-order valence-electron chi connectivity index (χ1n) is 7.19. The van der Waals surface area contributed by atoms with Crippen LogP contribution in [-0.2, 0) is 4.79 Å². The summed E-state index contributed by atoms with van der Waals surface area (Å²) < 4.78 is 1.04. The fraction of sp³-hybridized carbons (Fsp3) is 0.562. The molecule has 1 aromatic carbocycles. The van der Waals surface area contributed by atoms with Gasteiger partial charge in [0.15, 0.2) is 0 Å². The number of hydrogen-bond donors (Lipinski definition) is 1. The summed E-state index contributed by atoms with van der Waals surface area (Å²) in [5, 5.41) is 2.98. The first-order chi connectivity index (χ1) is 9.13. The number of carbonyl (C=O) groups is 1. The monoisotopic (exact) mass is 325 g/mol. The molecule has 0 spiro atoms. The molecule has 1 N–H and O–H groups in total. The van der Waals surface area contributed by atoms with Crippen LogP contribution in [-0.4, -0.2) is 5.91 Å². The van der Waals surface area contributed by atoms with Gasteiger partial charge in [-0.05, 0) is 37.1 Å². The number of anilines is 1. The molecule has 1 rings (SSSR count). The summed E-state index contributed by atoms with van der Waals surface area (Å²) in [5.74, 6) is 0.126. The maximum atomic E-state index is 11.8. The first kappa shape index (κ1) is 16.2. The quantitative estimate of drug-likeness (QED) is 0.633. The van der Waals surface area contributed by atoms with Crippen LogP contribution in [0.4, 0.5) is 5.69 Å². The fourth-order valence-electron chi connectivity index (χ4n) is 2.05. The van der Waals surface area contributed by atoms with E-state index in [1.807, 2.05) is 25.1 Å². The highest BCUT2D eigenvalue weighted by Gasteiger charge is 2.04. The number of nitrogens with one attached hydrogen (secondary N) is 1. The molecule has 1 amide bonds. The van der Waals surface area contributed by atoms with Gasteiger partial charge in [-0.25, -0.2) is 0 Å². The molecule has 0 heterocycles. The second-order valence-corrected chi connectivity index (χ2v) is 5.94. The Labute approximate surface area is 125 Å². The Morgan fingerprint density at radius 3 is 2.53 bits per heavy atom. The standard InChI is InChI=1S/C16H24BrNO/c1-3-4-5-6-7-8-9-16(19)18-15-11-10-14(17)12-13(15)2/h10-12H,3-9H2,1-2H3,(H,18,19). The van der Waals surface area contributed by atoms with E-state index >= 15 is 0 Å². The number of halogens is 1. The van der Waals surface area contributed by atoms with Gasteiger partial charge in [0.05, 0.1) is 0 Å². The minimum absolute atomic E-state index is 0.126. The van der Waals surface area contributed by atoms with Gasteiger partial charge in [-0.2, -0.15) is 0 Å². The molecule has 0 aliphatic rings. The molecular formula is C16H24BrNO. The molecule has 0 bridgehead atoms. The second-order valence-electron chi connectivity index (χ2n) is 5.03. The molecule has 0 unspecified atom stereocenters. The molecule has 1 aromatic rings. The van der Waals surface area contributed by atoms with Gasteiger partial charge < -0.3 is 5.32 Å². The lowest BCUT2D eigenvalue weighted by atomic mass is 10.1. The molecule has 0 saturated heterocycles. The van der Waals surface area contributed by atoms with E-state index in [-0.39, 0.29) is 5.91 Å². The van der Waals surface area contributed by atoms with Crippen molar-refractivity contribution in [2.45, 2.75) is 58.8 Å². The smallest absolute Gasteiger partial charge is 0.224 e. The van der Waals surface area contributed by atoms with Crippen LogP contribution in [0, 0.1) is 6.92 Å². The van der Waals surface area contributed by atoms with Gasteiger partial charge in [0.2, 0.25) is 5.91 Å². The topological polar surface area (TPSA) is 29.1 Å². The highest BCUT2D eigenvalue weighted by atomic mass is 79.9. The normalized spacial score (nSPS) is 10.5. The lowest BCUT2D eigenvalue weighted by Crippen LogP contribution is -2.11. The molecule has 19 heavy (non-hydrogen) atoms. The second kappa shape index (κ2) is 9.13. The molecule has 0 aliphatic carbocycles. The SMILES string of the molecule is CCCCCCCCC(=O)Nc1ccc(Br)cc1C. The molecule has 2 nitrogen and oxygen atoms in total. The van der Waals surface area contributed by atoms with Gasteiger partial charge in [0.25, 0.3) is 0 Å². The lowest BCUT2D eigenvalue weighted by Gasteiger charge is -2.08. The molecule has 106 valence electrons. The number of rotatable bonds is 8. The molecule has 0 atom stereocenters. The summed E-state index contributed by atoms with van der Waals surface area (Å²) in [7, 11) is 0. The van der Waals surface area contributed by atoms with E-state index in [9.17, 15) is 4.79 Å². The van der Waals surface area contributed by atoms with Crippen molar-refractivity contribution in [3.8, 4) is 0 Å². The van der Waals surface area contributed by atoms with Gasteiger partial charge in [-0.1, -0.05) is 55.0 Å². The highest BCUT2D eigenvalue weighted by molar-refractivity contribution is 9.10. The Kier molecular flexibility index (Phi) is 7.80. The third kappa shape index (κ3) is 6.76. The molecular weight excluding hydrogens is 302 g/mol. The van der Waals surface area contributed by atoms with Crippen LogP contribution < -0.4 is 5.32 Å². The zero-order chi connectivity index (χ0) is 14.1. The summed E-state index contributed by atoms with van der Waals surface area (Å²) in [6, 6.07) is 5.91. The first-order valence-corrected chi connectivity index (χ1v) is 7.98. The predicted octanol–water partition coefficient (Wildman–Crippen LogP) is 5.45. The number of aryl methyl sites for hydroxylation is 1. The predicted molar refractivity (Wildman–Crippen MR) is 85.5 cm³/mol. The van der Waals surface area contributed by atoms with Crippen LogP contribution in [0.1, 0.15) is 57.4 Å². The summed E-state index contributed by atoms with van der Waals surface area (Å²) in [5.41, 5.74) is 2.00. The van der Waals surface area contributed by atoms with Crippen molar-refractivity contribution in [2.75, 3.05) is 5.32 Å². The van der Waals surface area contributed by atoms with E-state index in [0.717, 1.165) is 28.6 Å². The summed E-state index contributed by atoms with van der Waals surface area (Å²) in [6.45, 7) is 4.22. The third-order valence-electron chi connectivity index (χ3n) is 3.22. The molecule has 0 radical (unpaired) electrons. The maximum Gasteiger partial charge on any atom is 0.224 e. The van der Waals surface area contributed by atoms with Crippen LogP contribution in [0.5, 0.6) is 0 Å². The van der Waals surface area contributed by atoms with E-state index in [0.29, 0.717) is 6.42 Å². The van der Waals surface area contributed by atoms with E-state index < -0.39 is 0 Å². The van der Waals surface area contributed by atoms with Crippen molar-refractivity contribution in [1.29, 1.82) is 0 Å². The van der Waals surface area contributed by atoms with Gasteiger partial charge in [-0.15, -0.1) is 0 Å². The van der Waals surface area contributed by atoms with E-state index in [1.54, 1.807) is 0 Å². The number of unbranched alkanes of at least 4 members (excludes halogenated alkanes) is 5. The van der Waals surface area contributed by atoms with Crippen LogP contribution in [0.3, 0.4) is 0 Å². The fourth-order valence-corrected chi connectivity index (χ4v) is 2.52. The largest absolute Gasteiger partial charge is 0.326 e. The Bertz CT molecular complexity index is 404. The van der Waals surface area contributed by atoms with E-state index in [2.05, 4.69) is 28.2 Å². The zero-order valence-electron chi connectivity index (χ0n) is 12.0. The molecule has 0 fully saturated rings. The van der Waals surface area contributed by atoms with Crippen molar-refractivity contribution >= 4 is 27.5 Å². The van der Waals surface area contributed by atoms with Gasteiger partial charge in [0, 0.05) is 16.6 Å². The Morgan fingerprint density at radius 2 is 1.84 bits per heavy atom. The van der Waals surface area contributed by atoms with Gasteiger partial charge >= 0.3 is 0 Å². The van der Waals surface area contributed by atoms with Gasteiger partial charge in [-0.3, -0.25) is 4.79 Å². The highest BCUT2D eigenvalue weighted by Crippen LogP contribution is 2.20. The zero-order valence-corrected chi connectivity index (χ0v) is 13.6. The maximum absolute atomic E-state index is 11.8. The number of amides is 1. The van der Waals surface area contributed by atoms with Crippen LogP contribution >= 0.6 is 15.9 Å². The van der Waals surface area contributed by atoms with Crippen molar-refractivity contribution in [1.82, 2.24) is 0 Å². The summed E-state index contributed by atoms with van der Waals surface area (Å²) in [4.78, 5) is 11.8. The summed E-state index contributed by atoms with van der Waals surface area (Å²) >= 11 is 3.42. The molecule has 0 aromatic heterocycles. The Morgan fingerprint density at radius 1 is 1.16 bits per heavy atom. The van der Waals surface area contributed by atoms with E-state index in [1.165, 1.54) is 25.7 Å². The van der Waals surface area contributed by atoms with Gasteiger partial charge in [0.1, 0.15) is 0 Å². The third-order valence-corrected chi connectivity index (χ3v) is 3.71. The van der Waals surface area contributed by atoms with Crippen molar-refractivity contribution < 1.29 is 4.79 Å². The van der Waals surface area contributed by atoms with Crippen LogP contribution in [0.15, 0.2) is 22.7 Å². The average Bonchev–Trinajstić information content (AvgIpc) is 2.37. The van der Waals surface area contributed by atoms with Crippen molar-refractivity contribution in [3.63, 3.8) is 0 Å². The lowest BCUT2D eigenvalue weighted by molar-refractivity contribution is -0.116. The Balaban J connectivity index is 2.23. The number of benzene rings is 1. The molecule has 0 saturated carbocycles. The Hall–Kier alpha value is -0.830. The minimum Gasteiger partial charge on any atom is -0.326 e. The summed E-state index contributed by atoms with van der Waals surface area (Å²) in [6.07, 6.45) is 7.90. The van der Waals surface area contributed by atoms with Crippen molar-refractivity contribution in [3.05, 3.63) is 28.2 Å². The van der Waals surface area contributed by atoms with E-state index in [4.69, 9.17) is 0 Å². The van der Waals surface area contributed by atoms with Crippen LogP contribution in [0.25, 0.3) is 0 Å². The minimum atomic E-state index is 0.126. The number of hydrogen-bond acceptors (Lipinski definition) is 1. The molecule has 0 aliphatic heterocycles. The molecule has 3 heteroatoms.